The Balaban J connectivity index is 2.04. The number of hydrogen-bond donors (Lipinski definition) is 3. The monoisotopic (exact) mass is 271 g/mol. The summed E-state index contributed by atoms with van der Waals surface area (Å²) in [6, 6.07) is 3.64. The second-order valence-corrected chi connectivity index (χ2v) is 4.36. The molecule has 0 aromatic carbocycles. The van der Waals surface area contributed by atoms with Gasteiger partial charge in [-0.05, 0) is 19.1 Å². The molecule has 4 N–H and O–H groups in total. The van der Waals surface area contributed by atoms with Gasteiger partial charge in [0, 0.05) is 6.20 Å². The van der Waals surface area contributed by atoms with Gasteiger partial charge in [-0.2, -0.15) is 0 Å². The van der Waals surface area contributed by atoms with Gasteiger partial charge in [-0.3, -0.25) is 4.79 Å². The molecule has 0 aliphatic carbocycles. The van der Waals surface area contributed by atoms with E-state index < -0.39 is 5.91 Å². The number of carbonyl (C=O) groups is 1. The molecule has 3 rings (SSSR count). The van der Waals surface area contributed by atoms with Crippen molar-refractivity contribution in [1.29, 1.82) is 0 Å². The summed E-state index contributed by atoms with van der Waals surface area (Å²) in [5.74, 6) is 0.912. The van der Waals surface area contributed by atoms with Crippen molar-refractivity contribution in [3.05, 3.63) is 41.7 Å². The van der Waals surface area contributed by atoms with Gasteiger partial charge in [-0.1, -0.05) is 0 Å². The predicted octanol–water partition coefficient (Wildman–Crippen LogP) is 1.57. The maximum atomic E-state index is 11.5. The number of furan rings is 1. The van der Waals surface area contributed by atoms with E-state index in [-0.39, 0.29) is 0 Å². The highest BCUT2D eigenvalue weighted by molar-refractivity contribution is 6.04. The van der Waals surface area contributed by atoms with Crippen LogP contribution in [0.25, 0.3) is 11.2 Å². The molecule has 0 radical (unpaired) electrons. The maximum absolute atomic E-state index is 11.5. The van der Waals surface area contributed by atoms with E-state index in [4.69, 9.17) is 10.2 Å². The lowest BCUT2D eigenvalue weighted by molar-refractivity contribution is 0.100. The molecule has 7 nitrogen and oxygen atoms in total. The molecule has 20 heavy (non-hydrogen) atoms. The van der Waals surface area contributed by atoms with Crippen LogP contribution in [0.5, 0.6) is 0 Å². The van der Waals surface area contributed by atoms with Crippen LogP contribution in [0.1, 0.15) is 21.9 Å². The topological polar surface area (TPSA) is 110 Å². The molecule has 0 saturated carbocycles. The number of H-pyrrole nitrogens is 1. The predicted molar refractivity (Wildman–Crippen MR) is 73.2 cm³/mol. The van der Waals surface area contributed by atoms with Crippen LogP contribution >= 0.6 is 0 Å². The number of amides is 1. The minimum absolute atomic E-state index is 0.301. The van der Waals surface area contributed by atoms with E-state index in [0.29, 0.717) is 29.0 Å². The van der Waals surface area contributed by atoms with Crippen molar-refractivity contribution in [3.63, 3.8) is 0 Å². The second-order valence-electron chi connectivity index (χ2n) is 4.36. The molecule has 3 aromatic heterocycles. The zero-order valence-electron chi connectivity index (χ0n) is 10.8. The quantitative estimate of drug-likeness (QED) is 0.667. The average Bonchev–Trinajstić information content (AvgIpc) is 3.03. The fourth-order valence-corrected chi connectivity index (χ4v) is 2.02. The number of pyridine rings is 1. The number of nitrogens with two attached hydrogens (primary N) is 1. The Labute approximate surface area is 114 Å². The summed E-state index contributed by atoms with van der Waals surface area (Å²) in [5, 5.41) is 3.14. The van der Waals surface area contributed by atoms with Crippen LogP contribution in [0.4, 0.5) is 5.69 Å². The van der Waals surface area contributed by atoms with Crippen molar-refractivity contribution in [2.24, 2.45) is 5.73 Å². The van der Waals surface area contributed by atoms with Crippen LogP contribution in [-0.4, -0.2) is 20.9 Å². The number of primary amides is 1. The molecule has 0 bridgehead atoms. The Morgan fingerprint density at radius 1 is 1.55 bits per heavy atom. The first-order valence-corrected chi connectivity index (χ1v) is 6.06. The van der Waals surface area contributed by atoms with Crippen LogP contribution in [0.15, 0.2) is 29.0 Å². The molecule has 0 saturated heterocycles. The molecule has 0 atom stereocenters. The van der Waals surface area contributed by atoms with Gasteiger partial charge in [0.05, 0.1) is 24.1 Å². The van der Waals surface area contributed by atoms with Gasteiger partial charge < -0.3 is 20.5 Å². The van der Waals surface area contributed by atoms with Crippen molar-refractivity contribution in [2.75, 3.05) is 5.32 Å². The maximum Gasteiger partial charge on any atom is 0.252 e. The van der Waals surface area contributed by atoms with E-state index >= 15 is 0 Å². The van der Waals surface area contributed by atoms with Crippen molar-refractivity contribution in [2.45, 2.75) is 13.5 Å². The lowest BCUT2D eigenvalue weighted by atomic mass is 10.2. The minimum atomic E-state index is -0.554. The number of imidazole rings is 1. The number of nitrogens with one attached hydrogen (secondary N) is 2. The van der Waals surface area contributed by atoms with Crippen molar-refractivity contribution < 1.29 is 9.21 Å². The van der Waals surface area contributed by atoms with Crippen LogP contribution in [0, 0.1) is 6.92 Å². The van der Waals surface area contributed by atoms with Gasteiger partial charge in [-0.25, -0.2) is 9.97 Å². The normalized spacial score (nSPS) is 10.8. The summed E-state index contributed by atoms with van der Waals surface area (Å²) in [4.78, 5) is 23.0. The number of hydrogen-bond acceptors (Lipinski definition) is 5. The fraction of sp³-hybridized carbons (Fsp3) is 0.154. The molecule has 102 valence electrons. The van der Waals surface area contributed by atoms with Gasteiger partial charge in [0.2, 0.25) is 0 Å². The number of fused-ring (bicyclic) bond motifs is 1. The molecule has 1 amide bonds. The number of nitrogens with zero attached hydrogens (tertiary/aromatic N) is 2. The third-order valence-corrected chi connectivity index (χ3v) is 2.92. The average molecular weight is 271 g/mol. The molecule has 7 heteroatoms. The summed E-state index contributed by atoms with van der Waals surface area (Å²) < 4.78 is 5.25. The fourth-order valence-electron chi connectivity index (χ4n) is 2.02. The summed E-state index contributed by atoms with van der Waals surface area (Å²) in [6.07, 6.45) is 3.03. The van der Waals surface area contributed by atoms with E-state index in [1.165, 1.54) is 6.20 Å². The summed E-state index contributed by atoms with van der Waals surface area (Å²) >= 11 is 0. The highest BCUT2D eigenvalue weighted by atomic mass is 16.3. The highest BCUT2D eigenvalue weighted by Gasteiger charge is 2.16. The third-order valence-electron chi connectivity index (χ3n) is 2.92. The molecule has 0 aliphatic rings. The number of anilines is 1. The first kappa shape index (κ1) is 12.2. The third kappa shape index (κ3) is 2.09. The van der Waals surface area contributed by atoms with E-state index in [2.05, 4.69) is 20.3 Å². The zero-order chi connectivity index (χ0) is 14.1. The Hall–Kier alpha value is -2.83. The number of carbonyl (C=O) groups excluding carboxylic acids is 1. The summed E-state index contributed by atoms with van der Waals surface area (Å²) in [5.41, 5.74) is 7.44. The van der Waals surface area contributed by atoms with Crippen molar-refractivity contribution in [1.82, 2.24) is 15.0 Å². The van der Waals surface area contributed by atoms with Crippen LogP contribution in [0.3, 0.4) is 0 Å². The van der Waals surface area contributed by atoms with Gasteiger partial charge in [0.1, 0.15) is 17.1 Å². The van der Waals surface area contributed by atoms with E-state index in [1.54, 1.807) is 12.3 Å². The lowest BCUT2D eigenvalue weighted by Crippen LogP contribution is -2.15. The largest absolute Gasteiger partial charge is 0.467 e. The van der Waals surface area contributed by atoms with Gasteiger partial charge in [0.15, 0.2) is 5.65 Å². The molecule has 0 spiro atoms. The van der Waals surface area contributed by atoms with E-state index in [1.807, 2.05) is 13.0 Å². The molecule has 3 heterocycles. The minimum Gasteiger partial charge on any atom is -0.467 e. The van der Waals surface area contributed by atoms with E-state index in [0.717, 1.165) is 11.6 Å². The standard InChI is InChI=1S/C13H13N5O2/c1-7-17-11-10(15-5-8-3-2-4-20-8)9(12(14)19)6-16-13(11)18-7/h2-4,6H,5H2,1H3,(H2,14,19)(H2,15,16,17,18). The molecular weight excluding hydrogens is 258 g/mol. The Morgan fingerprint density at radius 2 is 2.40 bits per heavy atom. The smallest absolute Gasteiger partial charge is 0.252 e. The van der Waals surface area contributed by atoms with Crippen LogP contribution in [0.2, 0.25) is 0 Å². The number of rotatable bonds is 4. The lowest BCUT2D eigenvalue weighted by Gasteiger charge is -2.09. The number of aryl methyl sites for hydroxylation is 1. The zero-order valence-corrected chi connectivity index (χ0v) is 10.8. The molecule has 3 aromatic rings. The Bertz CT molecular complexity index is 761. The first-order chi connectivity index (χ1) is 9.65. The van der Waals surface area contributed by atoms with E-state index in [9.17, 15) is 4.79 Å². The first-order valence-electron chi connectivity index (χ1n) is 6.06. The van der Waals surface area contributed by atoms with Crippen LogP contribution < -0.4 is 11.1 Å². The second kappa shape index (κ2) is 4.69. The molecule has 0 aliphatic heterocycles. The molecule has 0 unspecified atom stereocenters. The van der Waals surface area contributed by atoms with Gasteiger partial charge >= 0.3 is 0 Å². The number of aromatic nitrogens is 3. The van der Waals surface area contributed by atoms with Gasteiger partial charge in [-0.15, -0.1) is 0 Å². The molecular formula is C13H13N5O2. The number of aromatic amines is 1. The Morgan fingerprint density at radius 3 is 3.10 bits per heavy atom. The van der Waals surface area contributed by atoms with Crippen molar-refractivity contribution in [3.8, 4) is 0 Å². The summed E-state index contributed by atoms with van der Waals surface area (Å²) in [7, 11) is 0. The molecule has 0 fully saturated rings. The summed E-state index contributed by atoms with van der Waals surface area (Å²) in [6.45, 7) is 2.25. The van der Waals surface area contributed by atoms with Crippen LogP contribution in [-0.2, 0) is 6.54 Å². The SMILES string of the molecule is Cc1nc2c(NCc3ccco3)c(C(N)=O)cnc2[nH]1. The van der Waals surface area contributed by atoms with Crippen molar-refractivity contribution >= 4 is 22.8 Å². The Kier molecular flexibility index (Phi) is 2.86. The van der Waals surface area contributed by atoms with Gasteiger partial charge in [0.25, 0.3) is 5.91 Å². The highest BCUT2D eigenvalue weighted by Crippen LogP contribution is 2.24.